The van der Waals surface area contributed by atoms with Gasteiger partial charge in [-0.1, -0.05) is 5.16 Å². The van der Waals surface area contributed by atoms with Crippen LogP contribution in [0.1, 0.15) is 11.5 Å². The highest BCUT2D eigenvalue weighted by atomic mass is 16.5. The van der Waals surface area contributed by atoms with Crippen molar-refractivity contribution in [1.29, 1.82) is 0 Å². The van der Waals surface area contributed by atoms with Crippen LogP contribution < -0.4 is 10.6 Å². The summed E-state index contributed by atoms with van der Waals surface area (Å²) in [5, 5.41) is 9.72. The maximum Gasteiger partial charge on any atom is 0.241 e. The molecule has 0 aromatic carbocycles. The van der Waals surface area contributed by atoms with E-state index in [2.05, 4.69) is 20.8 Å². The van der Waals surface area contributed by atoms with Gasteiger partial charge in [0.05, 0.1) is 18.8 Å². The molecule has 0 atom stereocenters. The second-order valence-corrected chi connectivity index (χ2v) is 4.00. The number of carbonyl (C=O) groups excluding carboxylic acids is 1. The van der Waals surface area contributed by atoms with Gasteiger partial charge in [0.15, 0.2) is 11.7 Å². The Kier molecular flexibility index (Phi) is 5.16. The van der Waals surface area contributed by atoms with E-state index < -0.39 is 0 Å². The van der Waals surface area contributed by atoms with Gasteiger partial charge in [-0.05, 0) is 6.92 Å². The fourth-order valence-corrected chi connectivity index (χ4v) is 1.21. The van der Waals surface area contributed by atoms with E-state index in [1.807, 2.05) is 13.0 Å². The van der Waals surface area contributed by atoms with E-state index in [0.29, 0.717) is 12.5 Å². The van der Waals surface area contributed by atoms with Crippen LogP contribution in [0.25, 0.3) is 0 Å². The van der Waals surface area contributed by atoms with E-state index in [1.165, 1.54) is 4.90 Å². The van der Waals surface area contributed by atoms with Gasteiger partial charge in [0.1, 0.15) is 0 Å². The lowest BCUT2D eigenvalue weighted by Crippen LogP contribution is -2.42. The minimum atomic E-state index is -0.0199. The summed E-state index contributed by atoms with van der Waals surface area (Å²) in [7, 11) is 5.05. The Morgan fingerprint density at radius 1 is 1.50 bits per heavy atom. The van der Waals surface area contributed by atoms with Crippen LogP contribution in [0.4, 0.5) is 0 Å². The number of rotatable bonds is 4. The fraction of sp³-hybridized carbons (Fsp3) is 0.545. The number of aryl methyl sites for hydroxylation is 1. The smallest absolute Gasteiger partial charge is 0.241 e. The SMILES string of the molecule is CN=C(NCC(=O)N(C)C)NCc1cc(C)no1. The van der Waals surface area contributed by atoms with Crippen LogP contribution in [0, 0.1) is 6.92 Å². The lowest BCUT2D eigenvalue weighted by molar-refractivity contribution is -0.127. The molecule has 100 valence electrons. The summed E-state index contributed by atoms with van der Waals surface area (Å²) in [6.45, 7) is 2.52. The maximum absolute atomic E-state index is 11.4. The summed E-state index contributed by atoms with van der Waals surface area (Å²) >= 11 is 0. The number of aliphatic imine (C=N–C) groups is 1. The van der Waals surface area contributed by atoms with Gasteiger partial charge in [-0.3, -0.25) is 9.79 Å². The van der Waals surface area contributed by atoms with Crippen molar-refractivity contribution in [3.63, 3.8) is 0 Å². The molecule has 1 rings (SSSR count). The number of hydrogen-bond acceptors (Lipinski definition) is 4. The average Bonchev–Trinajstić information content (AvgIpc) is 2.74. The molecule has 0 aliphatic rings. The third-order valence-corrected chi connectivity index (χ3v) is 2.24. The first-order valence-corrected chi connectivity index (χ1v) is 5.59. The minimum absolute atomic E-state index is 0.0199. The molecule has 7 nitrogen and oxygen atoms in total. The van der Waals surface area contributed by atoms with Gasteiger partial charge in [-0.15, -0.1) is 0 Å². The highest BCUT2D eigenvalue weighted by molar-refractivity contribution is 5.86. The molecular formula is C11H19N5O2. The number of nitrogens with one attached hydrogen (secondary N) is 2. The predicted octanol–water partition coefficient (Wildman–Crippen LogP) is -0.264. The van der Waals surface area contributed by atoms with Crippen molar-refractivity contribution in [2.75, 3.05) is 27.7 Å². The van der Waals surface area contributed by atoms with Crippen LogP contribution in [0.5, 0.6) is 0 Å². The number of amides is 1. The summed E-state index contributed by atoms with van der Waals surface area (Å²) < 4.78 is 5.05. The Morgan fingerprint density at radius 3 is 2.72 bits per heavy atom. The van der Waals surface area contributed by atoms with E-state index in [9.17, 15) is 4.79 Å². The molecule has 0 spiro atoms. The Hall–Kier alpha value is -2.05. The summed E-state index contributed by atoms with van der Waals surface area (Å²) in [5.41, 5.74) is 0.831. The molecule has 1 heterocycles. The lowest BCUT2D eigenvalue weighted by Gasteiger charge is -2.13. The zero-order valence-corrected chi connectivity index (χ0v) is 11.1. The molecule has 7 heteroatoms. The molecule has 0 aliphatic heterocycles. The average molecular weight is 253 g/mol. The van der Waals surface area contributed by atoms with Gasteiger partial charge in [0.2, 0.25) is 5.91 Å². The van der Waals surface area contributed by atoms with E-state index >= 15 is 0 Å². The molecule has 18 heavy (non-hydrogen) atoms. The third-order valence-electron chi connectivity index (χ3n) is 2.24. The first-order chi connectivity index (χ1) is 8.52. The van der Waals surface area contributed by atoms with E-state index in [4.69, 9.17) is 4.52 Å². The standard InChI is InChI=1S/C11H19N5O2/c1-8-5-9(18-15-8)6-13-11(12-2)14-7-10(17)16(3)4/h5H,6-7H2,1-4H3,(H2,12,13,14). The van der Waals surface area contributed by atoms with Gasteiger partial charge < -0.3 is 20.1 Å². The number of nitrogens with zero attached hydrogens (tertiary/aromatic N) is 3. The van der Waals surface area contributed by atoms with Gasteiger partial charge in [-0.25, -0.2) is 0 Å². The Balaban J connectivity index is 2.37. The maximum atomic E-state index is 11.4. The topological polar surface area (TPSA) is 82.8 Å². The molecule has 1 amide bonds. The zero-order chi connectivity index (χ0) is 13.5. The highest BCUT2D eigenvalue weighted by Gasteiger charge is 2.06. The predicted molar refractivity (Wildman–Crippen MR) is 68.1 cm³/mol. The monoisotopic (exact) mass is 253 g/mol. The molecule has 0 unspecified atom stereocenters. The van der Waals surface area contributed by atoms with Gasteiger partial charge in [0.25, 0.3) is 0 Å². The van der Waals surface area contributed by atoms with Crippen LogP contribution in [-0.2, 0) is 11.3 Å². The molecule has 0 saturated carbocycles. The van der Waals surface area contributed by atoms with Crippen molar-refractivity contribution >= 4 is 11.9 Å². The molecule has 2 N–H and O–H groups in total. The normalized spacial score (nSPS) is 11.2. The van der Waals surface area contributed by atoms with Crippen molar-refractivity contribution in [3.05, 3.63) is 17.5 Å². The van der Waals surface area contributed by atoms with Crippen molar-refractivity contribution in [3.8, 4) is 0 Å². The summed E-state index contributed by atoms with van der Waals surface area (Å²) in [6, 6.07) is 1.84. The number of aromatic nitrogens is 1. The summed E-state index contributed by atoms with van der Waals surface area (Å²) in [5.74, 6) is 1.24. The van der Waals surface area contributed by atoms with Crippen molar-refractivity contribution in [2.24, 2.45) is 4.99 Å². The van der Waals surface area contributed by atoms with Crippen molar-refractivity contribution in [1.82, 2.24) is 20.7 Å². The molecule has 1 aromatic heterocycles. The summed E-state index contributed by atoms with van der Waals surface area (Å²) in [6.07, 6.45) is 0. The van der Waals surface area contributed by atoms with E-state index in [0.717, 1.165) is 11.5 Å². The van der Waals surface area contributed by atoms with Crippen molar-refractivity contribution < 1.29 is 9.32 Å². The Bertz CT molecular complexity index is 425. The molecule has 0 aliphatic carbocycles. The van der Waals surface area contributed by atoms with Crippen LogP contribution in [0.15, 0.2) is 15.6 Å². The van der Waals surface area contributed by atoms with E-state index in [-0.39, 0.29) is 12.5 Å². The van der Waals surface area contributed by atoms with Crippen LogP contribution >= 0.6 is 0 Å². The molecule has 1 aromatic rings. The van der Waals surface area contributed by atoms with Crippen LogP contribution in [-0.4, -0.2) is 49.6 Å². The van der Waals surface area contributed by atoms with Crippen LogP contribution in [0.3, 0.4) is 0 Å². The molecule has 0 radical (unpaired) electrons. The van der Waals surface area contributed by atoms with Crippen LogP contribution in [0.2, 0.25) is 0 Å². The highest BCUT2D eigenvalue weighted by Crippen LogP contribution is 2.00. The third kappa shape index (κ3) is 4.44. The number of hydrogen-bond donors (Lipinski definition) is 2. The quantitative estimate of drug-likeness (QED) is 0.570. The summed E-state index contributed by atoms with van der Waals surface area (Å²) in [4.78, 5) is 16.9. The first-order valence-electron chi connectivity index (χ1n) is 5.59. The van der Waals surface area contributed by atoms with Gasteiger partial charge in [-0.2, -0.15) is 0 Å². The number of likely N-dealkylation sites (N-methyl/N-ethyl adjacent to an activating group) is 1. The lowest BCUT2D eigenvalue weighted by atomic mass is 10.4. The zero-order valence-electron chi connectivity index (χ0n) is 11.1. The Morgan fingerprint density at radius 2 is 2.22 bits per heavy atom. The number of carbonyl (C=O) groups is 1. The first kappa shape index (κ1) is 14.0. The van der Waals surface area contributed by atoms with Gasteiger partial charge >= 0.3 is 0 Å². The van der Waals surface area contributed by atoms with Gasteiger partial charge in [0, 0.05) is 27.2 Å². The molecular weight excluding hydrogens is 234 g/mol. The largest absolute Gasteiger partial charge is 0.359 e. The fourth-order valence-electron chi connectivity index (χ4n) is 1.21. The Labute approximate surface area is 106 Å². The number of guanidine groups is 1. The van der Waals surface area contributed by atoms with E-state index in [1.54, 1.807) is 21.1 Å². The molecule has 0 fully saturated rings. The molecule has 0 bridgehead atoms. The van der Waals surface area contributed by atoms with Crippen molar-refractivity contribution in [2.45, 2.75) is 13.5 Å². The second-order valence-electron chi connectivity index (χ2n) is 4.00. The molecule has 0 saturated heterocycles. The second kappa shape index (κ2) is 6.63. The minimum Gasteiger partial charge on any atom is -0.359 e.